The van der Waals surface area contributed by atoms with Crippen LogP contribution >= 0.6 is 0 Å². The van der Waals surface area contributed by atoms with Crippen LogP contribution in [0.2, 0.25) is 0 Å². The largest absolute Gasteiger partial charge is 0.453 e. The van der Waals surface area contributed by atoms with Crippen LogP contribution in [0, 0.1) is 0 Å². The highest BCUT2D eigenvalue weighted by atomic mass is 16.5. The number of rotatable bonds is 4. The van der Waals surface area contributed by atoms with Gasteiger partial charge in [-0.1, -0.05) is 18.2 Å². The summed E-state index contributed by atoms with van der Waals surface area (Å²) in [6.07, 6.45) is 3.13. The SMILES string of the molecule is CN(C(=O)COc1ncccn1)c1ccccc1. The van der Waals surface area contributed by atoms with Crippen molar-refractivity contribution < 1.29 is 9.53 Å². The van der Waals surface area contributed by atoms with Crippen molar-refractivity contribution in [2.75, 3.05) is 18.6 Å². The highest BCUT2D eigenvalue weighted by molar-refractivity contribution is 5.93. The van der Waals surface area contributed by atoms with Crippen molar-refractivity contribution in [2.45, 2.75) is 0 Å². The fourth-order valence-corrected chi connectivity index (χ4v) is 1.38. The minimum absolute atomic E-state index is 0.0879. The van der Waals surface area contributed by atoms with E-state index in [4.69, 9.17) is 4.74 Å². The van der Waals surface area contributed by atoms with Crippen LogP contribution in [-0.4, -0.2) is 29.5 Å². The fraction of sp³-hybridized carbons (Fsp3) is 0.154. The molecule has 0 bridgehead atoms. The molecule has 1 amide bonds. The Kier molecular flexibility index (Phi) is 3.86. The molecule has 18 heavy (non-hydrogen) atoms. The summed E-state index contributed by atoms with van der Waals surface area (Å²) in [7, 11) is 1.70. The van der Waals surface area contributed by atoms with E-state index in [-0.39, 0.29) is 18.5 Å². The van der Waals surface area contributed by atoms with E-state index < -0.39 is 0 Å². The minimum Gasteiger partial charge on any atom is -0.453 e. The second-order valence-electron chi connectivity index (χ2n) is 3.61. The first-order valence-corrected chi connectivity index (χ1v) is 5.49. The molecule has 1 aromatic carbocycles. The Morgan fingerprint density at radius 3 is 2.50 bits per heavy atom. The van der Waals surface area contributed by atoms with Crippen LogP contribution in [0.15, 0.2) is 48.8 Å². The van der Waals surface area contributed by atoms with E-state index in [2.05, 4.69) is 9.97 Å². The fourth-order valence-electron chi connectivity index (χ4n) is 1.38. The molecule has 0 atom stereocenters. The van der Waals surface area contributed by atoms with E-state index in [1.165, 1.54) is 4.90 Å². The zero-order valence-corrected chi connectivity index (χ0v) is 9.98. The van der Waals surface area contributed by atoms with E-state index in [0.29, 0.717) is 0 Å². The molecule has 0 saturated heterocycles. The Balaban J connectivity index is 1.93. The maximum Gasteiger partial charge on any atom is 0.316 e. The third kappa shape index (κ3) is 3.04. The Hall–Kier alpha value is -2.43. The van der Waals surface area contributed by atoms with Gasteiger partial charge in [-0.15, -0.1) is 0 Å². The number of carbonyl (C=O) groups is 1. The molecule has 2 rings (SSSR count). The lowest BCUT2D eigenvalue weighted by molar-refractivity contribution is -0.120. The summed E-state index contributed by atoms with van der Waals surface area (Å²) in [6, 6.07) is 11.3. The number of nitrogens with zero attached hydrogens (tertiary/aromatic N) is 3. The number of benzene rings is 1. The van der Waals surface area contributed by atoms with Gasteiger partial charge in [0.2, 0.25) is 0 Å². The van der Waals surface area contributed by atoms with Gasteiger partial charge in [-0.05, 0) is 18.2 Å². The smallest absolute Gasteiger partial charge is 0.316 e. The Labute approximate surface area is 105 Å². The molecule has 0 spiro atoms. The number of likely N-dealkylation sites (N-methyl/N-ethyl adjacent to an activating group) is 1. The summed E-state index contributed by atoms with van der Waals surface area (Å²) in [5.41, 5.74) is 0.820. The molecular weight excluding hydrogens is 230 g/mol. The van der Waals surface area contributed by atoms with Gasteiger partial charge in [-0.25, -0.2) is 9.97 Å². The molecule has 5 nitrogen and oxygen atoms in total. The van der Waals surface area contributed by atoms with Crippen molar-refractivity contribution in [1.29, 1.82) is 0 Å². The van der Waals surface area contributed by atoms with Crippen molar-refractivity contribution in [3.8, 4) is 6.01 Å². The van der Waals surface area contributed by atoms with Crippen LogP contribution in [0.25, 0.3) is 0 Å². The van der Waals surface area contributed by atoms with E-state index in [1.54, 1.807) is 25.5 Å². The van der Waals surface area contributed by atoms with Gasteiger partial charge in [-0.2, -0.15) is 0 Å². The third-order valence-corrected chi connectivity index (χ3v) is 2.38. The predicted molar refractivity (Wildman–Crippen MR) is 67.4 cm³/mol. The van der Waals surface area contributed by atoms with Crippen LogP contribution in [0.5, 0.6) is 6.01 Å². The molecule has 0 unspecified atom stereocenters. The number of amides is 1. The number of para-hydroxylation sites is 1. The molecular formula is C13H13N3O2. The van der Waals surface area contributed by atoms with Gasteiger partial charge in [0.15, 0.2) is 6.61 Å². The quantitative estimate of drug-likeness (QED) is 0.817. The van der Waals surface area contributed by atoms with Gasteiger partial charge in [0, 0.05) is 25.1 Å². The summed E-state index contributed by atoms with van der Waals surface area (Å²) in [5.74, 6) is -0.159. The lowest BCUT2D eigenvalue weighted by Crippen LogP contribution is -2.31. The second kappa shape index (κ2) is 5.77. The maximum atomic E-state index is 11.9. The van der Waals surface area contributed by atoms with E-state index in [1.807, 2.05) is 30.3 Å². The van der Waals surface area contributed by atoms with Gasteiger partial charge in [0.25, 0.3) is 5.91 Å². The number of aromatic nitrogens is 2. The molecule has 0 fully saturated rings. The summed E-state index contributed by atoms with van der Waals surface area (Å²) < 4.78 is 5.20. The minimum atomic E-state index is -0.159. The number of hydrogen-bond acceptors (Lipinski definition) is 4. The molecule has 1 heterocycles. The van der Waals surface area contributed by atoms with Crippen LogP contribution in [0.3, 0.4) is 0 Å². The first kappa shape index (κ1) is 12.0. The van der Waals surface area contributed by atoms with E-state index >= 15 is 0 Å². The monoisotopic (exact) mass is 243 g/mol. The first-order valence-electron chi connectivity index (χ1n) is 5.49. The molecule has 0 saturated carbocycles. The Morgan fingerprint density at radius 2 is 1.83 bits per heavy atom. The average molecular weight is 243 g/mol. The van der Waals surface area contributed by atoms with Crippen molar-refractivity contribution in [3.05, 3.63) is 48.8 Å². The molecule has 92 valence electrons. The second-order valence-corrected chi connectivity index (χ2v) is 3.61. The standard InChI is InChI=1S/C13H13N3O2/c1-16(11-6-3-2-4-7-11)12(17)10-18-13-14-8-5-9-15-13/h2-9H,10H2,1H3. The highest BCUT2D eigenvalue weighted by Crippen LogP contribution is 2.11. The molecule has 0 aliphatic carbocycles. The van der Waals surface area contributed by atoms with Gasteiger partial charge < -0.3 is 9.64 Å². The molecule has 0 aliphatic heterocycles. The zero-order chi connectivity index (χ0) is 12.8. The summed E-state index contributed by atoms with van der Waals surface area (Å²) in [4.78, 5) is 21.2. The van der Waals surface area contributed by atoms with Gasteiger partial charge >= 0.3 is 6.01 Å². The summed E-state index contributed by atoms with van der Waals surface area (Å²) in [6.45, 7) is -0.0879. The summed E-state index contributed by atoms with van der Waals surface area (Å²) >= 11 is 0. The molecule has 1 aromatic heterocycles. The molecule has 5 heteroatoms. The van der Waals surface area contributed by atoms with Crippen LogP contribution < -0.4 is 9.64 Å². The maximum absolute atomic E-state index is 11.9. The van der Waals surface area contributed by atoms with Gasteiger partial charge in [-0.3, -0.25) is 4.79 Å². The van der Waals surface area contributed by atoms with Crippen LogP contribution in [0.1, 0.15) is 0 Å². The molecule has 0 N–H and O–H groups in total. The number of carbonyl (C=O) groups excluding carboxylic acids is 1. The molecule has 0 aliphatic rings. The zero-order valence-electron chi connectivity index (χ0n) is 9.98. The number of hydrogen-bond donors (Lipinski definition) is 0. The average Bonchev–Trinajstić information content (AvgIpc) is 2.46. The van der Waals surface area contributed by atoms with E-state index in [0.717, 1.165) is 5.69 Å². The normalized spacial score (nSPS) is 9.83. The van der Waals surface area contributed by atoms with Gasteiger partial charge in [0.1, 0.15) is 0 Å². The number of anilines is 1. The van der Waals surface area contributed by atoms with Crippen molar-refractivity contribution in [2.24, 2.45) is 0 Å². The molecule has 0 radical (unpaired) electrons. The van der Waals surface area contributed by atoms with E-state index in [9.17, 15) is 4.79 Å². The third-order valence-electron chi connectivity index (χ3n) is 2.38. The van der Waals surface area contributed by atoms with Crippen molar-refractivity contribution >= 4 is 11.6 Å². The highest BCUT2D eigenvalue weighted by Gasteiger charge is 2.11. The topological polar surface area (TPSA) is 55.3 Å². The summed E-state index contributed by atoms with van der Waals surface area (Å²) in [5, 5.41) is 0. The van der Waals surface area contributed by atoms with Crippen molar-refractivity contribution in [1.82, 2.24) is 9.97 Å². The first-order chi connectivity index (χ1) is 8.77. The lowest BCUT2D eigenvalue weighted by Gasteiger charge is -2.16. The Morgan fingerprint density at radius 1 is 1.17 bits per heavy atom. The van der Waals surface area contributed by atoms with Crippen LogP contribution in [-0.2, 0) is 4.79 Å². The lowest BCUT2D eigenvalue weighted by atomic mass is 10.3. The predicted octanol–water partition coefficient (Wildman–Crippen LogP) is 1.52. The van der Waals surface area contributed by atoms with Crippen LogP contribution in [0.4, 0.5) is 5.69 Å². The Bertz CT molecular complexity index is 502. The van der Waals surface area contributed by atoms with Gasteiger partial charge in [0.05, 0.1) is 0 Å². The molecule has 2 aromatic rings. The number of ether oxygens (including phenoxy) is 1. The van der Waals surface area contributed by atoms with Crippen molar-refractivity contribution in [3.63, 3.8) is 0 Å².